The lowest BCUT2D eigenvalue weighted by molar-refractivity contribution is 0.132. The van der Waals surface area contributed by atoms with Crippen LogP contribution in [0.25, 0.3) is 0 Å². The largest absolute Gasteiger partial charge is 0.317 e. The Morgan fingerprint density at radius 3 is 2.43 bits per heavy atom. The Balaban J connectivity index is 1.84. The molecule has 1 unspecified atom stereocenters. The standard InChI is InChI=1S/C18H33N3/c1-18(2,3)15-8-6-14(7-9-15)17(19-4)11-10-16-12-13-20-21(16)5/h12-15,17,19H,6-11H2,1-5H3. The Morgan fingerprint density at radius 1 is 1.29 bits per heavy atom. The summed E-state index contributed by atoms with van der Waals surface area (Å²) in [5.41, 5.74) is 1.83. The molecule has 0 spiro atoms. The molecule has 21 heavy (non-hydrogen) atoms. The summed E-state index contributed by atoms with van der Waals surface area (Å²) in [5, 5.41) is 7.84. The van der Waals surface area contributed by atoms with Gasteiger partial charge < -0.3 is 5.32 Å². The fraction of sp³-hybridized carbons (Fsp3) is 0.833. The first-order valence-electron chi connectivity index (χ1n) is 8.56. The second-order valence-electron chi connectivity index (χ2n) is 7.86. The van der Waals surface area contributed by atoms with Gasteiger partial charge in [0.25, 0.3) is 0 Å². The molecule has 1 aliphatic carbocycles. The number of aryl methyl sites for hydroxylation is 2. The molecule has 0 bridgehead atoms. The van der Waals surface area contributed by atoms with Gasteiger partial charge in [0.15, 0.2) is 0 Å². The predicted molar refractivity (Wildman–Crippen MR) is 89.3 cm³/mol. The highest BCUT2D eigenvalue weighted by molar-refractivity contribution is 5.01. The number of aromatic nitrogens is 2. The minimum absolute atomic E-state index is 0.481. The maximum atomic E-state index is 4.27. The molecular formula is C18H33N3. The third-order valence-electron chi connectivity index (χ3n) is 5.57. The first-order valence-corrected chi connectivity index (χ1v) is 8.56. The van der Waals surface area contributed by atoms with Crippen molar-refractivity contribution in [2.24, 2.45) is 24.3 Å². The van der Waals surface area contributed by atoms with Gasteiger partial charge in [0.05, 0.1) is 0 Å². The van der Waals surface area contributed by atoms with Crippen molar-refractivity contribution in [3.05, 3.63) is 18.0 Å². The summed E-state index contributed by atoms with van der Waals surface area (Å²) in [5.74, 6) is 1.75. The van der Waals surface area contributed by atoms with E-state index in [9.17, 15) is 0 Å². The molecule has 1 atom stereocenters. The summed E-state index contributed by atoms with van der Waals surface area (Å²) in [7, 11) is 4.17. The number of nitrogens with zero attached hydrogens (tertiary/aromatic N) is 2. The van der Waals surface area contributed by atoms with Gasteiger partial charge in [-0.15, -0.1) is 0 Å². The number of hydrogen-bond donors (Lipinski definition) is 1. The third kappa shape index (κ3) is 4.32. The Hall–Kier alpha value is -0.830. The molecular weight excluding hydrogens is 258 g/mol. The minimum Gasteiger partial charge on any atom is -0.317 e. The Morgan fingerprint density at radius 2 is 1.95 bits per heavy atom. The van der Waals surface area contributed by atoms with Crippen LogP contribution in [-0.4, -0.2) is 22.9 Å². The summed E-state index contributed by atoms with van der Waals surface area (Å²) >= 11 is 0. The Kier molecular flexibility index (Phi) is 5.48. The van der Waals surface area contributed by atoms with Gasteiger partial charge in [0, 0.05) is 25.0 Å². The molecule has 1 aliphatic rings. The van der Waals surface area contributed by atoms with Crippen molar-refractivity contribution in [2.75, 3.05) is 7.05 Å². The fourth-order valence-electron chi connectivity index (χ4n) is 3.95. The second kappa shape index (κ2) is 6.95. The summed E-state index contributed by atoms with van der Waals surface area (Å²) in [6, 6.07) is 2.80. The van der Waals surface area contributed by atoms with Crippen LogP contribution in [0.3, 0.4) is 0 Å². The third-order valence-corrected chi connectivity index (χ3v) is 5.57. The lowest BCUT2D eigenvalue weighted by Crippen LogP contribution is -2.38. The maximum Gasteiger partial charge on any atom is 0.0492 e. The lowest BCUT2D eigenvalue weighted by Gasteiger charge is -2.39. The van der Waals surface area contributed by atoms with E-state index in [2.05, 4.69) is 44.3 Å². The van der Waals surface area contributed by atoms with E-state index in [0.29, 0.717) is 11.5 Å². The molecule has 0 aromatic carbocycles. The topological polar surface area (TPSA) is 29.9 Å². The molecule has 1 heterocycles. The van der Waals surface area contributed by atoms with Crippen molar-refractivity contribution < 1.29 is 0 Å². The zero-order valence-corrected chi connectivity index (χ0v) is 14.5. The highest BCUT2D eigenvalue weighted by Crippen LogP contribution is 2.41. The molecule has 0 aliphatic heterocycles. The van der Waals surface area contributed by atoms with E-state index in [1.807, 2.05) is 17.9 Å². The molecule has 3 heteroatoms. The molecule has 3 nitrogen and oxygen atoms in total. The molecule has 0 radical (unpaired) electrons. The average molecular weight is 291 g/mol. The van der Waals surface area contributed by atoms with Gasteiger partial charge in [-0.1, -0.05) is 20.8 Å². The zero-order valence-electron chi connectivity index (χ0n) is 14.5. The Bertz CT molecular complexity index is 422. The van der Waals surface area contributed by atoms with E-state index in [4.69, 9.17) is 0 Å². The van der Waals surface area contributed by atoms with E-state index in [1.165, 1.54) is 37.8 Å². The van der Waals surface area contributed by atoms with Gasteiger partial charge in [-0.25, -0.2) is 0 Å². The van der Waals surface area contributed by atoms with E-state index >= 15 is 0 Å². The quantitative estimate of drug-likeness (QED) is 0.894. The van der Waals surface area contributed by atoms with Gasteiger partial charge in [0.1, 0.15) is 0 Å². The van der Waals surface area contributed by atoms with Crippen molar-refractivity contribution in [1.82, 2.24) is 15.1 Å². The van der Waals surface area contributed by atoms with Crippen LogP contribution in [-0.2, 0) is 13.5 Å². The first-order chi connectivity index (χ1) is 9.91. The van der Waals surface area contributed by atoms with Crippen LogP contribution < -0.4 is 5.32 Å². The zero-order chi connectivity index (χ0) is 15.5. The fourth-order valence-corrected chi connectivity index (χ4v) is 3.95. The van der Waals surface area contributed by atoms with Gasteiger partial charge in [0.2, 0.25) is 0 Å². The number of rotatable bonds is 5. The molecule has 120 valence electrons. The van der Waals surface area contributed by atoms with Crippen molar-refractivity contribution in [3.8, 4) is 0 Å². The first kappa shape index (κ1) is 16.5. The summed E-state index contributed by atoms with van der Waals surface area (Å²) < 4.78 is 2.00. The van der Waals surface area contributed by atoms with Gasteiger partial charge in [-0.05, 0) is 68.9 Å². The molecule has 1 aromatic rings. The molecule has 0 saturated heterocycles. The van der Waals surface area contributed by atoms with Crippen molar-refractivity contribution in [2.45, 2.75) is 65.3 Å². The Labute approximate surface area is 130 Å². The minimum atomic E-state index is 0.481. The van der Waals surface area contributed by atoms with Gasteiger partial charge >= 0.3 is 0 Å². The number of hydrogen-bond acceptors (Lipinski definition) is 2. The lowest BCUT2D eigenvalue weighted by atomic mass is 9.68. The molecule has 1 fully saturated rings. The predicted octanol–water partition coefficient (Wildman–Crippen LogP) is 3.79. The van der Waals surface area contributed by atoms with Crippen LogP contribution in [0.4, 0.5) is 0 Å². The second-order valence-corrected chi connectivity index (χ2v) is 7.86. The normalized spacial score (nSPS) is 25.0. The summed E-state index contributed by atoms with van der Waals surface area (Å²) in [4.78, 5) is 0. The van der Waals surface area contributed by atoms with Crippen LogP contribution in [0, 0.1) is 17.3 Å². The summed E-state index contributed by atoms with van der Waals surface area (Å²) in [6.45, 7) is 7.20. The van der Waals surface area contributed by atoms with E-state index < -0.39 is 0 Å². The van der Waals surface area contributed by atoms with Crippen LogP contribution in [0.5, 0.6) is 0 Å². The molecule has 0 amide bonds. The van der Waals surface area contributed by atoms with Gasteiger partial charge in [-0.2, -0.15) is 5.10 Å². The van der Waals surface area contributed by atoms with Gasteiger partial charge in [-0.3, -0.25) is 4.68 Å². The van der Waals surface area contributed by atoms with Crippen molar-refractivity contribution in [3.63, 3.8) is 0 Å². The highest BCUT2D eigenvalue weighted by Gasteiger charge is 2.32. The van der Waals surface area contributed by atoms with E-state index in [1.54, 1.807) is 0 Å². The smallest absolute Gasteiger partial charge is 0.0492 e. The highest BCUT2D eigenvalue weighted by atomic mass is 15.2. The maximum absolute atomic E-state index is 4.27. The molecule has 1 N–H and O–H groups in total. The van der Waals surface area contributed by atoms with Crippen LogP contribution >= 0.6 is 0 Å². The van der Waals surface area contributed by atoms with Crippen LogP contribution in [0.2, 0.25) is 0 Å². The van der Waals surface area contributed by atoms with E-state index in [-0.39, 0.29) is 0 Å². The summed E-state index contributed by atoms with van der Waals surface area (Å²) in [6.07, 6.45) is 9.83. The van der Waals surface area contributed by atoms with Crippen LogP contribution in [0.1, 0.15) is 58.6 Å². The number of nitrogens with one attached hydrogen (secondary N) is 1. The monoisotopic (exact) mass is 291 g/mol. The van der Waals surface area contributed by atoms with E-state index in [0.717, 1.165) is 18.3 Å². The molecule has 2 rings (SSSR count). The molecule has 1 aromatic heterocycles. The SMILES string of the molecule is CNC(CCc1ccnn1C)C1CCC(C(C)(C)C)CC1. The van der Waals surface area contributed by atoms with Crippen molar-refractivity contribution in [1.29, 1.82) is 0 Å². The van der Waals surface area contributed by atoms with Crippen LogP contribution in [0.15, 0.2) is 12.3 Å². The van der Waals surface area contributed by atoms with Crippen molar-refractivity contribution >= 4 is 0 Å². The average Bonchev–Trinajstić information content (AvgIpc) is 2.85. The molecule has 1 saturated carbocycles.